The molecule has 0 bridgehead atoms. The van der Waals surface area contributed by atoms with E-state index in [1.165, 1.54) is 54.6 Å². The molecule has 0 unspecified atom stereocenters. The standard InChI is InChI=1S/C27H29.C16H17.2ClH.Zr/c1-17-24(27(5,6)7)16-22-21-15-20(26(2,3)4)13-12-19(21)14-23(22)25(17)18-10-8-9-11-18;1-16(2,3)15-11-9-14(10-12-15)13-7-5-4-6-8-13;;;/h8-10,12-13,15-16H,1,11H2,2-7H3;4-7,9-12H,1-3H3;2*1H;/q2*-1;;;+4/p-2. The molecule has 2 aliphatic rings. The van der Waals surface area contributed by atoms with Gasteiger partial charge in [-0.1, -0.05) is 163 Å². The number of halogens is 2. The van der Waals surface area contributed by atoms with Crippen molar-refractivity contribution in [1.29, 1.82) is 0 Å². The first kappa shape index (κ1) is 39.7. The minimum Gasteiger partial charge on any atom is -1.00 e. The molecule has 2 aliphatic carbocycles. The first-order chi connectivity index (χ1) is 20.1. The molecule has 4 aromatic carbocycles. The second-order valence-corrected chi connectivity index (χ2v) is 15.0. The molecule has 0 heterocycles. The first-order valence-corrected chi connectivity index (χ1v) is 15.5. The summed E-state index contributed by atoms with van der Waals surface area (Å²) in [5, 5.41) is 5.00. The predicted molar refractivity (Wildman–Crippen MR) is 186 cm³/mol. The zero-order chi connectivity index (χ0) is 31.2. The average Bonchev–Trinajstić information content (AvgIpc) is 3.60. The molecule has 46 heavy (non-hydrogen) atoms. The summed E-state index contributed by atoms with van der Waals surface area (Å²) < 4.78 is 0. The van der Waals surface area contributed by atoms with Crippen molar-refractivity contribution >= 4 is 18.2 Å². The van der Waals surface area contributed by atoms with Gasteiger partial charge in [0.05, 0.1) is 0 Å². The Morgan fingerprint density at radius 3 is 1.85 bits per heavy atom. The molecule has 0 spiro atoms. The molecule has 0 aromatic heterocycles. The van der Waals surface area contributed by atoms with Gasteiger partial charge in [0.1, 0.15) is 0 Å². The Morgan fingerprint density at radius 1 is 0.696 bits per heavy atom. The summed E-state index contributed by atoms with van der Waals surface area (Å²) >= 11 is 0. The maximum atomic E-state index is 4.52. The Bertz CT molecular complexity index is 1930. The first-order valence-electron chi connectivity index (χ1n) is 15.5. The van der Waals surface area contributed by atoms with Gasteiger partial charge in [0.25, 0.3) is 0 Å². The van der Waals surface area contributed by atoms with Crippen LogP contribution < -0.4 is 35.3 Å². The summed E-state index contributed by atoms with van der Waals surface area (Å²) in [6.07, 6.45) is 11.3. The Kier molecular flexibility index (Phi) is 13.1. The Labute approximate surface area is 309 Å². The Balaban J connectivity index is 0.000000336. The van der Waals surface area contributed by atoms with E-state index < -0.39 is 0 Å². The number of benzene rings is 4. The third-order valence-corrected chi connectivity index (χ3v) is 8.54. The molecule has 0 radical (unpaired) electrons. The van der Waals surface area contributed by atoms with E-state index in [9.17, 15) is 0 Å². The van der Waals surface area contributed by atoms with E-state index >= 15 is 0 Å². The molecule has 0 saturated carbocycles. The average molecular weight is 725 g/mol. The molecule has 236 valence electrons. The maximum absolute atomic E-state index is 4.52. The minimum atomic E-state index is 0. The van der Waals surface area contributed by atoms with Crippen LogP contribution in [0, 0.1) is 16.5 Å². The predicted octanol–water partition coefficient (Wildman–Crippen LogP) is 3.80. The van der Waals surface area contributed by atoms with Crippen LogP contribution >= 0.6 is 0 Å². The van der Waals surface area contributed by atoms with Crippen molar-refractivity contribution in [3.63, 3.8) is 0 Å². The third kappa shape index (κ3) is 8.53. The molecule has 3 heteroatoms. The van der Waals surface area contributed by atoms with Crippen molar-refractivity contribution in [2.45, 2.75) is 85.0 Å². The monoisotopic (exact) mass is 722 g/mol. The molecular weight excluding hydrogens is 679 g/mol. The largest absolute Gasteiger partial charge is 4.00 e. The zero-order valence-corrected chi connectivity index (χ0v) is 32.8. The Morgan fingerprint density at radius 2 is 1.33 bits per heavy atom. The molecule has 0 aliphatic heterocycles. The summed E-state index contributed by atoms with van der Waals surface area (Å²) in [5.41, 5.74) is 10.7. The van der Waals surface area contributed by atoms with Gasteiger partial charge in [0, 0.05) is 0 Å². The number of fused-ring (bicyclic) bond motifs is 2. The fourth-order valence-corrected chi connectivity index (χ4v) is 5.92. The van der Waals surface area contributed by atoms with E-state index in [1.54, 1.807) is 0 Å². The number of allylic oxidation sites excluding steroid dienone is 4. The second kappa shape index (κ2) is 15.2. The van der Waals surface area contributed by atoms with E-state index in [1.807, 2.05) is 18.2 Å². The molecule has 4 aromatic rings. The van der Waals surface area contributed by atoms with Crippen molar-refractivity contribution in [1.82, 2.24) is 0 Å². The molecule has 0 amide bonds. The van der Waals surface area contributed by atoms with Gasteiger partial charge in [0.2, 0.25) is 0 Å². The topological polar surface area (TPSA) is 0 Å². The maximum Gasteiger partial charge on any atom is 4.00 e. The molecule has 0 atom stereocenters. The van der Waals surface area contributed by atoms with E-state index in [0.29, 0.717) is 0 Å². The molecule has 0 saturated heterocycles. The Hall–Kier alpha value is -2.44. The van der Waals surface area contributed by atoms with Gasteiger partial charge in [-0.25, -0.2) is 0 Å². The minimum absolute atomic E-state index is 0. The van der Waals surface area contributed by atoms with E-state index in [2.05, 4.69) is 154 Å². The van der Waals surface area contributed by atoms with Crippen LogP contribution in [0.2, 0.25) is 0 Å². The van der Waals surface area contributed by atoms with Crippen LogP contribution in [0.25, 0.3) is 29.4 Å². The summed E-state index contributed by atoms with van der Waals surface area (Å²) in [4.78, 5) is 0. The van der Waals surface area contributed by atoms with Crippen LogP contribution in [0.4, 0.5) is 0 Å². The van der Waals surface area contributed by atoms with Gasteiger partial charge in [0.15, 0.2) is 0 Å². The smallest absolute Gasteiger partial charge is 1.00 e. The van der Waals surface area contributed by atoms with Crippen LogP contribution in [0.1, 0.15) is 96.6 Å². The molecule has 0 N–H and O–H groups in total. The summed E-state index contributed by atoms with van der Waals surface area (Å²) in [5.74, 6) is 0. The van der Waals surface area contributed by atoms with E-state index in [-0.39, 0.29) is 67.3 Å². The van der Waals surface area contributed by atoms with Gasteiger partial charge in [-0.3, -0.25) is 0 Å². The normalized spacial score (nSPS) is 13.0. The SMILES string of the molecule is C=c1c(C(C)(C)C)cc2c(c1C1=CC=CC1)[C-]=c1ccc(C(C)(C)C)cc1=2.CC(C)(C)c1ccc(-c2[c-]cccc2)cc1.[Cl-].[Cl-].[Zr+4]. The van der Waals surface area contributed by atoms with Crippen molar-refractivity contribution in [3.05, 3.63) is 146 Å². The van der Waals surface area contributed by atoms with E-state index in [4.69, 9.17) is 0 Å². The van der Waals surface area contributed by atoms with Crippen LogP contribution in [-0.4, -0.2) is 0 Å². The van der Waals surface area contributed by atoms with Crippen LogP contribution in [0.5, 0.6) is 0 Å². The molecule has 0 nitrogen and oxygen atoms in total. The van der Waals surface area contributed by atoms with Crippen molar-refractivity contribution in [2.24, 2.45) is 0 Å². The van der Waals surface area contributed by atoms with Gasteiger partial charge in [-0.2, -0.15) is 0 Å². The fraction of sp³-hybridized carbons (Fsp3) is 0.302. The molecular formula is C43H46Cl2Zr. The van der Waals surface area contributed by atoms with Crippen molar-refractivity contribution < 1.29 is 51.0 Å². The summed E-state index contributed by atoms with van der Waals surface area (Å²) in [6, 6.07) is 29.3. The molecule has 6 rings (SSSR count). The number of hydrogen-bond donors (Lipinski definition) is 0. The van der Waals surface area contributed by atoms with Gasteiger partial charge in [-0.15, -0.1) is 69.3 Å². The third-order valence-electron chi connectivity index (χ3n) is 8.54. The summed E-state index contributed by atoms with van der Waals surface area (Å²) in [7, 11) is 0. The van der Waals surface area contributed by atoms with Crippen LogP contribution in [0.15, 0.2) is 91.0 Å². The number of hydrogen-bond acceptors (Lipinski definition) is 0. The second-order valence-electron chi connectivity index (χ2n) is 15.0. The fourth-order valence-electron chi connectivity index (χ4n) is 5.92. The number of rotatable bonds is 2. The van der Waals surface area contributed by atoms with E-state index in [0.717, 1.165) is 17.2 Å². The summed E-state index contributed by atoms with van der Waals surface area (Å²) in [6.45, 7) is 24.9. The van der Waals surface area contributed by atoms with Gasteiger partial charge < -0.3 is 24.8 Å². The van der Waals surface area contributed by atoms with Crippen LogP contribution in [0.3, 0.4) is 0 Å². The zero-order valence-electron chi connectivity index (χ0n) is 28.8. The quantitative estimate of drug-likeness (QED) is 0.244. The molecule has 0 fully saturated rings. The van der Waals surface area contributed by atoms with Gasteiger partial charge >= 0.3 is 26.2 Å². The van der Waals surface area contributed by atoms with Crippen LogP contribution in [-0.2, 0) is 42.4 Å². The van der Waals surface area contributed by atoms with Crippen molar-refractivity contribution in [2.75, 3.05) is 0 Å². The van der Waals surface area contributed by atoms with Gasteiger partial charge in [-0.05, 0) is 28.2 Å². The van der Waals surface area contributed by atoms with Crippen molar-refractivity contribution in [3.8, 4) is 11.1 Å².